The first-order valence-electron chi connectivity index (χ1n) is 8.33. The van der Waals surface area contributed by atoms with Gasteiger partial charge in [0, 0.05) is 12.5 Å². The molecule has 2 N–H and O–H groups in total. The second-order valence-electron chi connectivity index (χ2n) is 6.66. The van der Waals surface area contributed by atoms with Crippen molar-refractivity contribution in [2.75, 3.05) is 19.6 Å². The summed E-state index contributed by atoms with van der Waals surface area (Å²) < 4.78 is 5.37. The van der Waals surface area contributed by atoms with E-state index in [0.29, 0.717) is 5.41 Å². The highest BCUT2D eigenvalue weighted by molar-refractivity contribution is 5.85. The molecule has 1 aromatic heterocycles. The van der Waals surface area contributed by atoms with E-state index in [9.17, 15) is 0 Å². The Morgan fingerprint density at radius 2 is 1.86 bits per heavy atom. The Morgan fingerprint density at radius 1 is 1.14 bits per heavy atom. The van der Waals surface area contributed by atoms with Gasteiger partial charge < -0.3 is 15.1 Å². The van der Waals surface area contributed by atoms with E-state index in [-0.39, 0.29) is 24.8 Å². The monoisotopic (exact) mass is 348 g/mol. The van der Waals surface area contributed by atoms with Crippen molar-refractivity contribution in [2.45, 2.75) is 57.4 Å². The Labute approximate surface area is 146 Å². The van der Waals surface area contributed by atoms with E-state index in [1.807, 2.05) is 6.07 Å². The molecular formula is C17H30Cl2N2O. The Bertz CT molecular complexity index is 381. The molecule has 128 valence electrons. The van der Waals surface area contributed by atoms with Gasteiger partial charge in [0.15, 0.2) is 0 Å². The summed E-state index contributed by atoms with van der Waals surface area (Å²) in [5.41, 5.74) is 0.692. The standard InChI is InChI=1S/C17H28N2O.2ClH/c1(3-16-4-2-14-20-16)11-19-15-5-7-17(8-6-15)9-12-18-13-10-17;;/h2,4,14-15,18-19H,1,3,5-13H2;2*1H. The Balaban J connectivity index is 0.00000121. The van der Waals surface area contributed by atoms with E-state index < -0.39 is 0 Å². The molecule has 1 aliphatic heterocycles. The van der Waals surface area contributed by atoms with Crippen molar-refractivity contribution < 1.29 is 4.42 Å². The zero-order valence-corrected chi connectivity index (χ0v) is 14.9. The lowest BCUT2D eigenvalue weighted by atomic mass is 9.67. The smallest absolute Gasteiger partial charge is 0.103 e. The van der Waals surface area contributed by atoms with E-state index in [0.717, 1.165) is 24.8 Å². The van der Waals surface area contributed by atoms with Crippen molar-refractivity contribution in [3.05, 3.63) is 24.2 Å². The molecule has 1 saturated carbocycles. The summed E-state index contributed by atoms with van der Waals surface area (Å²) in [5, 5.41) is 7.25. The molecule has 0 amide bonds. The normalized spacial score (nSPS) is 21.1. The Morgan fingerprint density at radius 3 is 2.50 bits per heavy atom. The predicted octanol–water partition coefficient (Wildman–Crippen LogP) is 3.96. The van der Waals surface area contributed by atoms with E-state index in [1.165, 1.54) is 58.0 Å². The molecular weight excluding hydrogens is 319 g/mol. The lowest BCUT2D eigenvalue weighted by molar-refractivity contribution is 0.116. The van der Waals surface area contributed by atoms with Gasteiger partial charge in [-0.05, 0) is 82.1 Å². The van der Waals surface area contributed by atoms with Gasteiger partial charge in [-0.25, -0.2) is 0 Å². The first kappa shape index (κ1) is 19.8. The summed E-state index contributed by atoms with van der Waals surface area (Å²) in [7, 11) is 0. The lowest BCUT2D eigenvalue weighted by Crippen LogP contribution is -2.43. The third-order valence-corrected chi connectivity index (χ3v) is 5.32. The Kier molecular flexibility index (Phi) is 8.85. The third kappa shape index (κ3) is 5.45. The van der Waals surface area contributed by atoms with Gasteiger partial charge in [0.2, 0.25) is 0 Å². The number of hydrogen-bond donors (Lipinski definition) is 2. The van der Waals surface area contributed by atoms with Gasteiger partial charge in [0.05, 0.1) is 6.26 Å². The first-order valence-corrected chi connectivity index (χ1v) is 8.33. The molecule has 2 fully saturated rings. The van der Waals surface area contributed by atoms with Gasteiger partial charge in [-0.2, -0.15) is 0 Å². The third-order valence-electron chi connectivity index (χ3n) is 5.32. The molecule has 3 nitrogen and oxygen atoms in total. The van der Waals surface area contributed by atoms with Gasteiger partial charge in [-0.1, -0.05) is 0 Å². The number of aryl methyl sites for hydroxylation is 1. The average molecular weight is 349 g/mol. The lowest BCUT2D eigenvalue weighted by Gasteiger charge is -2.43. The number of piperidine rings is 1. The van der Waals surface area contributed by atoms with Gasteiger partial charge in [-0.15, -0.1) is 24.8 Å². The zero-order chi connectivity index (χ0) is 13.7. The summed E-state index contributed by atoms with van der Waals surface area (Å²) in [4.78, 5) is 0. The maximum Gasteiger partial charge on any atom is 0.103 e. The second-order valence-corrected chi connectivity index (χ2v) is 6.66. The number of hydrogen-bond acceptors (Lipinski definition) is 3. The SMILES string of the molecule is Cl.Cl.c1coc(CCCNC2CCC3(CCNCC3)CC2)c1. The molecule has 2 aliphatic rings. The van der Waals surface area contributed by atoms with Crippen molar-refractivity contribution in [2.24, 2.45) is 5.41 Å². The van der Waals surface area contributed by atoms with Gasteiger partial charge >= 0.3 is 0 Å². The topological polar surface area (TPSA) is 37.2 Å². The van der Waals surface area contributed by atoms with Crippen LogP contribution in [-0.4, -0.2) is 25.7 Å². The number of halogens is 2. The fraction of sp³-hybridized carbons (Fsp3) is 0.765. The predicted molar refractivity (Wildman–Crippen MR) is 96.3 cm³/mol. The van der Waals surface area contributed by atoms with Crippen molar-refractivity contribution >= 4 is 24.8 Å². The van der Waals surface area contributed by atoms with Crippen LogP contribution < -0.4 is 10.6 Å². The maximum absolute atomic E-state index is 5.37. The fourth-order valence-corrected chi connectivity index (χ4v) is 3.92. The molecule has 1 aliphatic carbocycles. The van der Waals surface area contributed by atoms with Gasteiger partial charge in [-0.3, -0.25) is 0 Å². The number of furan rings is 1. The molecule has 1 saturated heterocycles. The van der Waals surface area contributed by atoms with E-state index >= 15 is 0 Å². The highest BCUT2D eigenvalue weighted by Gasteiger charge is 2.35. The first-order chi connectivity index (χ1) is 9.86. The molecule has 0 atom stereocenters. The van der Waals surface area contributed by atoms with Gasteiger partial charge in [0.25, 0.3) is 0 Å². The average Bonchev–Trinajstić information content (AvgIpc) is 3.00. The number of rotatable bonds is 5. The minimum absolute atomic E-state index is 0. The van der Waals surface area contributed by atoms with Crippen molar-refractivity contribution in [1.29, 1.82) is 0 Å². The van der Waals surface area contributed by atoms with Crippen molar-refractivity contribution in [1.82, 2.24) is 10.6 Å². The highest BCUT2D eigenvalue weighted by atomic mass is 35.5. The maximum atomic E-state index is 5.37. The van der Waals surface area contributed by atoms with Crippen LogP contribution in [0, 0.1) is 5.41 Å². The molecule has 3 rings (SSSR count). The molecule has 2 heterocycles. The summed E-state index contributed by atoms with van der Waals surface area (Å²) in [6.07, 6.45) is 12.4. The molecule has 0 aromatic carbocycles. The van der Waals surface area contributed by atoms with Crippen LogP contribution in [0.2, 0.25) is 0 Å². The van der Waals surface area contributed by atoms with Crippen LogP contribution >= 0.6 is 24.8 Å². The van der Waals surface area contributed by atoms with E-state index in [4.69, 9.17) is 4.42 Å². The van der Waals surface area contributed by atoms with Crippen LogP contribution in [0.5, 0.6) is 0 Å². The molecule has 0 bridgehead atoms. The Hall–Kier alpha value is -0.220. The minimum atomic E-state index is 0. The van der Waals surface area contributed by atoms with Crippen LogP contribution in [0.1, 0.15) is 50.7 Å². The molecule has 22 heavy (non-hydrogen) atoms. The second kappa shape index (κ2) is 9.82. The molecule has 1 spiro atoms. The number of nitrogens with one attached hydrogen (secondary N) is 2. The summed E-state index contributed by atoms with van der Waals surface area (Å²) in [6.45, 7) is 3.60. The minimum Gasteiger partial charge on any atom is -0.469 e. The molecule has 0 radical (unpaired) electrons. The van der Waals surface area contributed by atoms with Crippen LogP contribution in [0.3, 0.4) is 0 Å². The van der Waals surface area contributed by atoms with E-state index in [2.05, 4.69) is 16.7 Å². The summed E-state index contributed by atoms with van der Waals surface area (Å²) in [6, 6.07) is 4.80. The van der Waals surface area contributed by atoms with E-state index in [1.54, 1.807) is 6.26 Å². The van der Waals surface area contributed by atoms with Crippen LogP contribution in [0.15, 0.2) is 22.8 Å². The highest BCUT2D eigenvalue weighted by Crippen LogP contribution is 2.43. The summed E-state index contributed by atoms with van der Waals surface area (Å²) in [5.74, 6) is 1.11. The van der Waals surface area contributed by atoms with Gasteiger partial charge in [0.1, 0.15) is 5.76 Å². The van der Waals surface area contributed by atoms with Crippen molar-refractivity contribution in [3.63, 3.8) is 0 Å². The van der Waals surface area contributed by atoms with Crippen LogP contribution in [0.4, 0.5) is 0 Å². The van der Waals surface area contributed by atoms with Crippen molar-refractivity contribution in [3.8, 4) is 0 Å². The molecule has 0 unspecified atom stereocenters. The quantitative estimate of drug-likeness (QED) is 0.790. The summed E-state index contributed by atoms with van der Waals surface area (Å²) >= 11 is 0. The molecule has 1 aromatic rings. The largest absolute Gasteiger partial charge is 0.469 e. The van der Waals surface area contributed by atoms with Crippen LogP contribution in [0.25, 0.3) is 0 Å². The fourth-order valence-electron chi connectivity index (χ4n) is 3.92. The zero-order valence-electron chi connectivity index (χ0n) is 13.3. The molecule has 5 heteroatoms. The van der Waals surface area contributed by atoms with Crippen LogP contribution in [-0.2, 0) is 6.42 Å².